The molecule has 2 rings (SSSR count). The number of aromatic nitrogens is 1. The maximum absolute atomic E-state index is 13.2. The highest BCUT2D eigenvalue weighted by Crippen LogP contribution is 2.24. The van der Waals surface area contributed by atoms with Crippen LogP contribution in [0.3, 0.4) is 0 Å². The summed E-state index contributed by atoms with van der Waals surface area (Å²) in [5.74, 6) is 0.247. The lowest BCUT2D eigenvalue weighted by molar-refractivity contribution is 0.457. The molecule has 0 atom stereocenters. The highest BCUT2D eigenvalue weighted by molar-refractivity contribution is 9.10. The molecule has 92 valence electrons. The highest BCUT2D eigenvalue weighted by Gasteiger charge is 2.04. The quantitative estimate of drug-likeness (QED) is 0.878. The summed E-state index contributed by atoms with van der Waals surface area (Å²) in [6, 6.07) is 9.27. The topological polar surface area (TPSA) is 48.1 Å². The van der Waals surface area contributed by atoms with E-state index in [2.05, 4.69) is 20.9 Å². The lowest BCUT2D eigenvalue weighted by Crippen LogP contribution is -2.11. The van der Waals surface area contributed by atoms with Crippen LogP contribution in [0, 0.1) is 5.82 Å². The molecule has 2 aromatic rings. The van der Waals surface area contributed by atoms with Gasteiger partial charge in [0, 0.05) is 16.6 Å². The minimum Gasteiger partial charge on any atom is -0.439 e. The fraction of sp³-hybridized carbons (Fsp3) is 0. The second kappa shape index (κ2) is 5.41. The smallest absolute Gasteiger partial charge is 0.219 e. The summed E-state index contributed by atoms with van der Waals surface area (Å²) >= 11 is 8.00. The number of nitrogens with zero attached hydrogens (tertiary/aromatic N) is 1. The Balaban J connectivity index is 2.28. The molecule has 0 fully saturated rings. The summed E-state index contributed by atoms with van der Waals surface area (Å²) in [7, 11) is 0. The number of nitrogens with two attached hydrogens (primary N) is 1. The summed E-state index contributed by atoms with van der Waals surface area (Å²) in [5, 5.41) is 0. The van der Waals surface area contributed by atoms with E-state index < -0.39 is 5.82 Å². The van der Waals surface area contributed by atoms with Gasteiger partial charge in [0.25, 0.3) is 0 Å². The first-order valence-corrected chi connectivity index (χ1v) is 6.15. The van der Waals surface area contributed by atoms with Gasteiger partial charge in [0.2, 0.25) is 5.88 Å². The largest absolute Gasteiger partial charge is 0.439 e. The van der Waals surface area contributed by atoms with Crippen LogP contribution in [0.1, 0.15) is 5.69 Å². The average Bonchev–Trinajstić information content (AvgIpc) is 2.27. The molecule has 0 aliphatic rings. The van der Waals surface area contributed by atoms with Crippen LogP contribution in [-0.4, -0.2) is 9.97 Å². The molecular weight excluding hydrogens is 319 g/mol. The van der Waals surface area contributed by atoms with Gasteiger partial charge in [-0.05, 0) is 18.2 Å². The molecule has 0 saturated heterocycles. The van der Waals surface area contributed by atoms with E-state index in [9.17, 15) is 4.39 Å². The lowest BCUT2D eigenvalue weighted by atomic mass is 10.3. The van der Waals surface area contributed by atoms with Crippen molar-refractivity contribution in [1.29, 1.82) is 0 Å². The Morgan fingerprint density at radius 3 is 2.78 bits per heavy atom. The zero-order valence-electron chi connectivity index (χ0n) is 9.06. The van der Waals surface area contributed by atoms with Crippen LogP contribution < -0.4 is 10.5 Å². The molecule has 0 amide bonds. The van der Waals surface area contributed by atoms with Gasteiger partial charge in [-0.2, -0.15) is 0 Å². The van der Waals surface area contributed by atoms with Gasteiger partial charge in [-0.1, -0.05) is 34.2 Å². The Labute approximate surface area is 117 Å². The molecule has 1 aromatic heterocycles. The molecule has 2 N–H and O–H groups in total. The van der Waals surface area contributed by atoms with E-state index in [4.69, 9.17) is 22.7 Å². The van der Waals surface area contributed by atoms with E-state index in [-0.39, 0.29) is 4.99 Å². The fourth-order valence-electron chi connectivity index (χ4n) is 1.32. The fourth-order valence-corrected chi connectivity index (χ4v) is 1.88. The zero-order valence-corrected chi connectivity index (χ0v) is 11.5. The Kier molecular flexibility index (Phi) is 3.88. The monoisotopic (exact) mass is 326 g/mol. The molecule has 0 aliphatic carbocycles. The normalized spacial score (nSPS) is 10.1. The van der Waals surface area contributed by atoms with Crippen LogP contribution in [0.25, 0.3) is 0 Å². The number of rotatable bonds is 3. The third-order valence-corrected chi connectivity index (χ3v) is 2.70. The van der Waals surface area contributed by atoms with Crippen LogP contribution in [0.2, 0.25) is 0 Å². The van der Waals surface area contributed by atoms with E-state index in [1.54, 1.807) is 24.3 Å². The standard InChI is InChI=1S/C12H8BrFN2OS/c13-7-4-8(14)6-9(5-7)17-11-3-1-2-10(16-11)12(15)18/h1-6H,(H2,15,18). The van der Waals surface area contributed by atoms with Crippen molar-refractivity contribution in [2.75, 3.05) is 0 Å². The summed E-state index contributed by atoms with van der Waals surface area (Å²) < 4.78 is 19.2. The number of hydrogen-bond acceptors (Lipinski definition) is 3. The van der Waals surface area contributed by atoms with Gasteiger partial charge in [-0.15, -0.1) is 0 Å². The van der Waals surface area contributed by atoms with E-state index >= 15 is 0 Å². The molecule has 0 saturated carbocycles. The van der Waals surface area contributed by atoms with E-state index in [0.717, 1.165) is 0 Å². The maximum Gasteiger partial charge on any atom is 0.219 e. The van der Waals surface area contributed by atoms with E-state index in [1.165, 1.54) is 12.1 Å². The lowest BCUT2D eigenvalue weighted by Gasteiger charge is -2.06. The molecule has 0 unspecified atom stereocenters. The minimum absolute atomic E-state index is 0.181. The Bertz CT molecular complexity index is 586. The first-order valence-electron chi connectivity index (χ1n) is 4.95. The van der Waals surface area contributed by atoms with Gasteiger partial charge < -0.3 is 10.5 Å². The van der Waals surface area contributed by atoms with Crippen LogP contribution in [0.15, 0.2) is 40.9 Å². The van der Waals surface area contributed by atoms with Gasteiger partial charge in [0.05, 0.1) is 0 Å². The molecule has 6 heteroatoms. The second-order valence-corrected chi connectivity index (χ2v) is 4.79. The van der Waals surface area contributed by atoms with Crippen molar-refractivity contribution in [2.24, 2.45) is 5.73 Å². The van der Waals surface area contributed by atoms with Crippen molar-refractivity contribution in [3.05, 3.63) is 52.4 Å². The Morgan fingerprint density at radius 1 is 1.33 bits per heavy atom. The number of hydrogen-bond donors (Lipinski definition) is 1. The third kappa shape index (κ3) is 3.24. The summed E-state index contributed by atoms with van der Waals surface area (Å²) in [4.78, 5) is 4.28. The molecule has 0 aliphatic heterocycles. The van der Waals surface area contributed by atoms with E-state index in [0.29, 0.717) is 21.8 Å². The molecule has 1 heterocycles. The van der Waals surface area contributed by atoms with Crippen LogP contribution in [0.5, 0.6) is 11.6 Å². The highest BCUT2D eigenvalue weighted by atomic mass is 79.9. The van der Waals surface area contributed by atoms with Gasteiger partial charge >= 0.3 is 0 Å². The van der Waals surface area contributed by atoms with Crippen LogP contribution in [0.4, 0.5) is 4.39 Å². The van der Waals surface area contributed by atoms with Crippen molar-refractivity contribution in [1.82, 2.24) is 4.98 Å². The van der Waals surface area contributed by atoms with Crippen molar-refractivity contribution >= 4 is 33.1 Å². The maximum atomic E-state index is 13.2. The van der Waals surface area contributed by atoms with Gasteiger partial charge in [0.1, 0.15) is 22.2 Å². The van der Waals surface area contributed by atoms with Crippen LogP contribution >= 0.6 is 28.1 Å². The minimum atomic E-state index is -0.398. The van der Waals surface area contributed by atoms with E-state index in [1.807, 2.05) is 0 Å². The predicted octanol–water partition coefficient (Wildman–Crippen LogP) is 3.41. The summed E-state index contributed by atoms with van der Waals surface area (Å²) in [6.45, 7) is 0. The number of halogens is 2. The molecule has 3 nitrogen and oxygen atoms in total. The molecule has 0 spiro atoms. The first-order chi connectivity index (χ1) is 8.54. The van der Waals surface area contributed by atoms with Crippen molar-refractivity contribution in [3.63, 3.8) is 0 Å². The first kappa shape index (κ1) is 12.9. The van der Waals surface area contributed by atoms with Crippen LogP contribution in [-0.2, 0) is 0 Å². The summed E-state index contributed by atoms with van der Waals surface area (Å²) in [5.41, 5.74) is 5.93. The van der Waals surface area contributed by atoms with Gasteiger partial charge in [0.15, 0.2) is 0 Å². The number of benzene rings is 1. The zero-order chi connectivity index (χ0) is 13.1. The molecular formula is C12H8BrFN2OS. The number of pyridine rings is 1. The van der Waals surface area contributed by atoms with Crippen molar-refractivity contribution < 1.29 is 9.13 Å². The predicted molar refractivity (Wildman–Crippen MR) is 74.3 cm³/mol. The second-order valence-electron chi connectivity index (χ2n) is 3.43. The Morgan fingerprint density at radius 2 is 2.11 bits per heavy atom. The molecule has 0 bridgehead atoms. The SMILES string of the molecule is NC(=S)c1cccc(Oc2cc(F)cc(Br)c2)n1. The molecule has 1 aromatic carbocycles. The van der Waals surface area contributed by atoms with Crippen molar-refractivity contribution in [2.45, 2.75) is 0 Å². The number of thiocarbonyl (C=S) groups is 1. The number of ether oxygens (including phenoxy) is 1. The third-order valence-electron chi connectivity index (χ3n) is 2.03. The summed E-state index contributed by atoms with van der Waals surface area (Å²) in [6.07, 6.45) is 0. The van der Waals surface area contributed by atoms with Crippen molar-refractivity contribution in [3.8, 4) is 11.6 Å². The Hall–Kier alpha value is -1.53. The average molecular weight is 327 g/mol. The van der Waals surface area contributed by atoms with Gasteiger partial charge in [-0.3, -0.25) is 0 Å². The molecule has 0 radical (unpaired) electrons. The van der Waals surface area contributed by atoms with Gasteiger partial charge in [-0.25, -0.2) is 9.37 Å². The molecule has 18 heavy (non-hydrogen) atoms.